The van der Waals surface area contributed by atoms with E-state index in [-0.39, 0.29) is 43.7 Å². The van der Waals surface area contributed by atoms with Gasteiger partial charge in [-0.3, -0.25) is 9.69 Å². The van der Waals surface area contributed by atoms with Gasteiger partial charge in [-0.25, -0.2) is 14.8 Å². The van der Waals surface area contributed by atoms with Crippen LogP contribution >= 0.6 is 0 Å². The second kappa shape index (κ2) is 6.37. The summed E-state index contributed by atoms with van der Waals surface area (Å²) in [5.41, 5.74) is 0.275. The number of urea groups is 1. The number of hydrogen-bond acceptors (Lipinski definition) is 7. The number of aromatic nitrogens is 2. The maximum Gasteiger partial charge on any atom is 0.325 e. The molecule has 2 aromatic rings. The fraction of sp³-hybridized carbons (Fsp3) is 0.455. The molecular weight excluding hydrogens is 436 g/mol. The fourth-order valence-corrected chi connectivity index (χ4v) is 5.02. The van der Waals surface area contributed by atoms with Crippen LogP contribution < -0.4 is 15.0 Å². The zero-order valence-corrected chi connectivity index (χ0v) is 17.9. The Balaban J connectivity index is 1.46. The van der Waals surface area contributed by atoms with Crippen molar-refractivity contribution in [2.75, 3.05) is 25.1 Å². The van der Waals surface area contributed by atoms with Crippen LogP contribution in [0, 0.1) is 0 Å². The molecular formula is C22H21F2N5O4. The number of nitrogens with one attached hydrogen (secondary N) is 1. The first-order valence-corrected chi connectivity index (χ1v) is 10.7. The van der Waals surface area contributed by atoms with Crippen LogP contribution in [0.25, 0.3) is 11.3 Å². The lowest BCUT2D eigenvalue weighted by Gasteiger charge is -2.43. The average molecular weight is 457 g/mol. The molecule has 6 rings (SSSR count). The van der Waals surface area contributed by atoms with Crippen molar-refractivity contribution in [2.45, 2.75) is 43.4 Å². The highest BCUT2D eigenvalue weighted by Crippen LogP contribution is 2.47. The Hall–Kier alpha value is -3.34. The standard InChI is InChI=1S/C22H21F2N5O4/c1-10-14(30)8-29(10)19-25-16(12-5-6-22(23,24)17(12)26-19)11-3-4-13-15(7-11)33-9-21(13)18(31)28(2)20(32)27-21/h3-4,7,10,14,30H,5-6,8-9H2,1-2H3,(H,27,32)/t10-,14+,21-/m0/s1. The maximum atomic E-state index is 14.6. The lowest BCUT2D eigenvalue weighted by molar-refractivity contribution is -0.131. The number of fused-ring (bicyclic) bond motifs is 3. The van der Waals surface area contributed by atoms with Gasteiger partial charge < -0.3 is 20.1 Å². The molecule has 1 aromatic carbocycles. The van der Waals surface area contributed by atoms with Gasteiger partial charge >= 0.3 is 6.03 Å². The van der Waals surface area contributed by atoms with E-state index in [4.69, 9.17) is 4.74 Å². The third kappa shape index (κ3) is 2.59. The second-order valence-corrected chi connectivity index (χ2v) is 9.06. The molecule has 0 bridgehead atoms. The summed E-state index contributed by atoms with van der Waals surface area (Å²) in [6.45, 7) is 2.01. The number of hydrogen-bond donors (Lipinski definition) is 2. The first-order valence-electron chi connectivity index (χ1n) is 10.7. The van der Waals surface area contributed by atoms with Crippen molar-refractivity contribution in [3.8, 4) is 17.0 Å². The summed E-state index contributed by atoms with van der Waals surface area (Å²) in [6, 6.07) is 4.25. The number of nitrogens with zero attached hydrogens (tertiary/aromatic N) is 4. The number of aliphatic hydroxyl groups is 1. The minimum atomic E-state index is -3.06. The topological polar surface area (TPSA) is 108 Å². The molecule has 1 aromatic heterocycles. The Labute approximate surface area is 187 Å². The van der Waals surface area contributed by atoms with E-state index in [0.717, 1.165) is 4.90 Å². The number of likely N-dealkylation sites (N-methyl/N-ethyl adjacent to an activating group) is 1. The van der Waals surface area contributed by atoms with Gasteiger partial charge in [0.05, 0.1) is 17.8 Å². The summed E-state index contributed by atoms with van der Waals surface area (Å²) in [5, 5.41) is 12.6. The number of rotatable bonds is 2. The molecule has 3 amide bonds. The minimum Gasteiger partial charge on any atom is -0.490 e. The molecule has 0 saturated carbocycles. The molecule has 33 heavy (non-hydrogen) atoms. The molecule has 3 aliphatic heterocycles. The van der Waals surface area contributed by atoms with Crippen molar-refractivity contribution in [2.24, 2.45) is 0 Å². The molecule has 2 N–H and O–H groups in total. The van der Waals surface area contributed by atoms with Crippen molar-refractivity contribution >= 4 is 17.9 Å². The van der Waals surface area contributed by atoms with Gasteiger partial charge in [-0.15, -0.1) is 0 Å². The molecule has 0 radical (unpaired) electrons. The third-order valence-corrected chi connectivity index (χ3v) is 7.17. The molecule has 1 aliphatic carbocycles. The van der Waals surface area contributed by atoms with E-state index in [1.807, 2.05) is 0 Å². The smallest absolute Gasteiger partial charge is 0.325 e. The number of aliphatic hydroxyl groups excluding tert-OH is 1. The van der Waals surface area contributed by atoms with Gasteiger partial charge in [-0.05, 0) is 19.4 Å². The number of ether oxygens (including phenoxy) is 1. The van der Waals surface area contributed by atoms with Crippen LogP contribution in [0.1, 0.15) is 30.2 Å². The van der Waals surface area contributed by atoms with Crippen molar-refractivity contribution in [1.82, 2.24) is 20.2 Å². The van der Waals surface area contributed by atoms with Crippen LogP contribution in [0.4, 0.5) is 19.5 Å². The molecule has 4 aliphatic rings. The summed E-state index contributed by atoms with van der Waals surface area (Å²) in [7, 11) is 1.40. The Morgan fingerprint density at radius 3 is 2.73 bits per heavy atom. The van der Waals surface area contributed by atoms with Gasteiger partial charge in [0.25, 0.3) is 11.8 Å². The molecule has 1 spiro atoms. The van der Waals surface area contributed by atoms with Crippen LogP contribution in [-0.4, -0.2) is 64.3 Å². The van der Waals surface area contributed by atoms with E-state index in [9.17, 15) is 23.5 Å². The van der Waals surface area contributed by atoms with E-state index in [1.54, 1.807) is 30.0 Å². The van der Waals surface area contributed by atoms with E-state index < -0.39 is 29.5 Å². The number of anilines is 1. The summed E-state index contributed by atoms with van der Waals surface area (Å²) >= 11 is 0. The number of amides is 3. The first-order chi connectivity index (χ1) is 15.6. The van der Waals surface area contributed by atoms with E-state index in [0.29, 0.717) is 28.1 Å². The fourth-order valence-electron chi connectivity index (χ4n) is 5.02. The Kier molecular flexibility index (Phi) is 3.92. The van der Waals surface area contributed by atoms with Crippen molar-refractivity contribution in [1.29, 1.82) is 0 Å². The highest BCUT2D eigenvalue weighted by molar-refractivity contribution is 6.08. The molecule has 11 heteroatoms. The van der Waals surface area contributed by atoms with Crippen LogP contribution in [-0.2, 0) is 22.7 Å². The quantitative estimate of drug-likeness (QED) is 0.659. The average Bonchev–Trinajstić information content (AvgIpc) is 3.39. The molecule has 9 nitrogen and oxygen atoms in total. The van der Waals surface area contributed by atoms with Gasteiger partial charge in [0.2, 0.25) is 5.95 Å². The van der Waals surface area contributed by atoms with Crippen LogP contribution in [0.2, 0.25) is 0 Å². The second-order valence-electron chi connectivity index (χ2n) is 9.06. The number of β-amino-alcohol motifs (C(OH)–C–C–N with tert-alkyl or cyclic N) is 1. The molecule has 4 heterocycles. The zero-order chi connectivity index (χ0) is 23.3. The Morgan fingerprint density at radius 1 is 1.27 bits per heavy atom. The zero-order valence-electron chi connectivity index (χ0n) is 17.9. The largest absolute Gasteiger partial charge is 0.490 e. The third-order valence-electron chi connectivity index (χ3n) is 7.17. The van der Waals surface area contributed by atoms with Gasteiger partial charge in [-0.2, -0.15) is 8.78 Å². The molecule has 0 unspecified atom stereocenters. The summed E-state index contributed by atoms with van der Waals surface area (Å²) in [6.07, 6.45) is -0.770. The molecule has 2 fully saturated rings. The number of carbonyl (C=O) groups excluding carboxylic acids is 2. The summed E-state index contributed by atoms with van der Waals surface area (Å²) < 4.78 is 35.1. The van der Waals surface area contributed by atoms with Crippen molar-refractivity contribution in [3.63, 3.8) is 0 Å². The highest BCUT2D eigenvalue weighted by atomic mass is 19.3. The lowest BCUT2D eigenvalue weighted by Crippen LogP contribution is -2.59. The van der Waals surface area contributed by atoms with Crippen LogP contribution in [0.15, 0.2) is 18.2 Å². The van der Waals surface area contributed by atoms with Gasteiger partial charge in [-0.1, -0.05) is 12.1 Å². The monoisotopic (exact) mass is 457 g/mol. The van der Waals surface area contributed by atoms with Gasteiger partial charge in [0, 0.05) is 36.7 Å². The highest BCUT2D eigenvalue weighted by Gasteiger charge is 2.56. The number of imide groups is 1. The SMILES string of the molecule is C[C@H]1[C@H](O)CN1c1nc(-c2ccc3c(c2)OC[C@]32NC(=O)N(C)C2=O)c2c(n1)C(F)(F)CC2. The normalized spacial score (nSPS) is 29.1. The predicted molar refractivity (Wildman–Crippen MR) is 111 cm³/mol. The lowest BCUT2D eigenvalue weighted by atomic mass is 9.90. The Bertz CT molecular complexity index is 1240. The number of carbonyl (C=O) groups is 2. The number of halogens is 2. The van der Waals surface area contributed by atoms with Crippen molar-refractivity contribution < 1.29 is 28.2 Å². The van der Waals surface area contributed by atoms with Gasteiger partial charge in [0.15, 0.2) is 5.54 Å². The van der Waals surface area contributed by atoms with E-state index in [1.165, 1.54) is 7.05 Å². The number of alkyl halides is 2. The van der Waals surface area contributed by atoms with E-state index >= 15 is 0 Å². The number of benzene rings is 1. The molecule has 3 atom stereocenters. The summed E-state index contributed by atoms with van der Waals surface area (Å²) in [4.78, 5) is 36.3. The van der Waals surface area contributed by atoms with E-state index in [2.05, 4.69) is 15.3 Å². The first kappa shape index (κ1) is 20.3. The van der Waals surface area contributed by atoms with Gasteiger partial charge in [0.1, 0.15) is 18.1 Å². The van der Waals surface area contributed by atoms with Crippen LogP contribution in [0.3, 0.4) is 0 Å². The summed E-state index contributed by atoms with van der Waals surface area (Å²) in [5.74, 6) is -2.92. The Morgan fingerprint density at radius 2 is 2.06 bits per heavy atom. The minimum absolute atomic E-state index is 0.0465. The maximum absolute atomic E-state index is 14.6. The van der Waals surface area contributed by atoms with Crippen LogP contribution in [0.5, 0.6) is 5.75 Å². The predicted octanol–water partition coefficient (Wildman–Crippen LogP) is 1.52. The molecule has 2 saturated heterocycles. The molecule has 172 valence electrons. The van der Waals surface area contributed by atoms with Crippen molar-refractivity contribution in [3.05, 3.63) is 35.0 Å².